The summed E-state index contributed by atoms with van der Waals surface area (Å²) in [7, 11) is 0. The Balaban J connectivity index is 1.75. The van der Waals surface area contributed by atoms with Gasteiger partial charge in [0.05, 0.1) is 17.8 Å². The number of unbranched alkanes of at least 4 members (excludes halogenated alkanes) is 1. The Hall–Kier alpha value is -3.98. The van der Waals surface area contributed by atoms with Gasteiger partial charge >= 0.3 is 5.97 Å². The molecule has 0 saturated carbocycles. The zero-order chi connectivity index (χ0) is 27.7. The standard InChI is InChI=1S/C29H36N4O5/c1-4-5-10-26-31-22(16-30-27(34)25(15-19(2)3)28(35)32-38)18-33(26)17-20-11-13-21(14-12-20)23-8-6-7-9-24(23)29(36)37/h6-9,11-14,18-19,25,38H,4-5,10,15-17H2,1-3H3,(H,30,34)(H,32,35)(H,36,37). The van der Waals surface area contributed by atoms with Crippen molar-refractivity contribution < 1.29 is 24.7 Å². The molecular formula is C29H36N4O5. The van der Waals surface area contributed by atoms with E-state index >= 15 is 0 Å². The van der Waals surface area contributed by atoms with Gasteiger partial charge in [-0.25, -0.2) is 15.3 Å². The molecule has 2 amide bonds. The van der Waals surface area contributed by atoms with E-state index in [2.05, 4.69) is 16.8 Å². The van der Waals surface area contributed by atoms with Crippen LogP contribution in [0.3, 0.4) is 0 Å². The van der Waals surface area contributed by atoms with Crippen LogP contribution in [0.1, 0.15) is 67.5 Å². The molecule has 4 N–H and O–H groups in total. The second-order valence-corrected chi connectivity index (χ2v) is 9.80. The summed E-state index contributed by atoms with van der Waals surface area (Å²) < 4.78 is 2.06. The monoisotopic (exact) mass is 520 g/mol. The Labute approximate surface area is 222 Å². The highest BCUT2D eigenvalue weighted by Gasteiger charge is 2.27. The van der Waals surface area contributed by atoms with Crippen LogP contribution >= 0.6 is 0 Å². The lowest BCUT2D eigenvalue weighted by Gasteiger charge is -2.16. The average molecular weight is 521 g/mol. The minimum absolute atomic E-state index is 0.104. The van der Waals surface area contributed by atoms with Crippen LogP contribution in [0.15, 0.2) is 54.7 Å². The van der Waals surface area contributed by atoms with Gasteiger partial charge in [-0.2, -0.15) is 0 Å². The highest BCUT2D eigenvalue weighted by Crippen LogP contribution is 2.24. The van der Waals surface area contributed by atoms with Crippen LogP contribution in [0.25, 0.3) is 11.1 Å². The van der Waals surface area contributed by atoms with Gasteiger partial charge in [0, 0.05) is 19.2 Å². The highest BCUT2D eigenvalue weighted by molar-refractivity contribution is 5.99. The van der Waals surface area contributed by atoms with Crippen LogP contribution in [0, 0.1) is 11.8 Å². The molecule has 9 nitrogen and oxygen atoms in total. The van der Waals surface area contributed by atoms with Gasteiger partial charge in [0.1, 0.15) is 11.7 Å². The summed E-state index contributed by atoms with van der Waals surface area (Å²) in [4.78, 5) is 41.0. The molecule has 0 bridgehead atoms. The van der Waals surface area contributed by atoms with E-state index in [0.717, 1.165) is 36.2 Å². The number of carbonyl (C=O) groups is 3. The highest BCUT2D eigenvalue weighted by atomic mass is 16.5. The SMILES string of the molecule is CCCCc1nc(CNC(=O)C(CC(C)C)C(=O)NO)cn1Cc1ccc(-c2ccccc2C(=O)O)cc1. The van der Waals surface area contributed by atoms with Crippen LogP contribution in [0.5, 0.6) is 0 Å². The molecule has 1 atom stereocenters. The van der Waals surface area contributed by atoms with Crippen molar-refractivity contribution in [3.63, 3.8) is 0 Å². The molecule has 1 aromatic heterocycles. The summed E-state index contributed by atoms with van der Waals surface area (Å²) >= 11 is 0. The van der Waals surface area contributed by atoms with E-state index in [1.807, 2.05) is 50.4 Å². The van der Waals surface area contributed by atoms with Crippen molar-refractivity contribution in [2.75, 3.05) is 0 Å². The molecule has 1 unspecified atom stereocenters. The van der Waals surface area contributed by atoms with E-state index in [1.165, 1.54) is 0 Å². The van der Waals surface area contributed by atoms with E-state index in [0.29, 0.717) is 24.2 Å². The fraction of sp³-hybridized carbons (Fsp3) is 0.379. The number of nitrogens with one attached hydrogen (secondary N) is 2. The van der Waals surface area contributed by atoms with Crippen molar-refractivity contribution in [1.29, 1.82) is 0 Å². The normalized spacial score (nSPS) is 11.8. The van der Waals surface area contributed by atoms with E-state index in [1.54, 1.807) is 23.7 Å². The zero-order valence-corrected chi connectivity index (χ0v) is 22.1. The summed E-state index contributed by atoms with van der Waals surface area (Å²) in [6.07, 6.45) is 5.01. The van der Waals surface area contributed by atoms with E-state index in [9.17, 15) is 19.5 Å². The number of aryl methyl sites for hydroxylation is 1. The van der Waals surface area contributed by atoms with Crippen LogP contribution in [-0.2, 0) is 29.1 Å². The average Bonchev–Trinajstić information content (AvgIpc) is 3.30. The Bertz CT molecular complexity index is 1250. The number of aromatic carboxylic acids is 1. The predicted molar refractivity (Wildman–Crippen MR) is 143 cm³/mol. The van der Waals surface area contributed by atoms with Crippen molar-refractivity contribution >= 4 is 17.8 Å². The van der Waals surface area contributed by atoms with Crippen molar-refractivity contribution in [2.24, 2.45) is 11.8 Å². The first-order valence-corrected chi connectivity index (χ1v) is 12.9. The lowest BCUT2D eigenvalue weighted by Crippen LogP contribution is -2.40. The van der Waals surface area contributed by atoms with Gasteiger partial charge in [-0.3, -0.25) is 14.8 Å². The van der Waals surface area contributed by atoms with Crippen LogP contribution in [-0.4, -0.2) is 37.6 Å². The first kappa shape index (κ1) is 28.6. The van der Waals surface area contributed by atoms with Crippen molar-refractivity contribution in [3.8, 4) is 11.1 Å². The third kappa shape index (κ3) is 7.52. The maximum atomic E-state index is 12.7. The summed E-state index contributed by atoms with van der Waals surface area (Å²) in [5.41, 5.74) is 5.06. The Morgan fingerprint density at radius 3 is 2.37 bits per heavy atom. The molecule has 3 aromatic rings. The fourth-order valence-corrected chi connectivity index (χ4v) is 4.36. The van der Waals surface area contributed by atoms with Crippen molar-refractivity contribution in [1.82, 2.24) is 20.3 Å². The van der Waals surface area contributed by atoms with Crippen LogP contribution in [0.4, 0.5) is 0 Å². The minimum atomic E-state index is -0.980. The number of carboxylic acid groups (broad SMARTS) is 1. The van der Waals surface area contributed by atoms with Crippen molar-refractivity contribution in [3.05, 3.63) is 77.4 Å². The van der Waals surface area contributed by atoms with Gasteiger partial charge in [0.25, 0.3) is 5.91 Å². The number of hydroxylamine groups is 1. The predicted octanol–water partition coefficient (Wildman–Crippen LogP) is 4.42. The lowest BCUT2D eigenvalue weighted by atomic mass is 9.95. The molecule has 1 heterocycles. The Kier molecular flexibility index (Phi) is 10.2. The maximum Gasteiger partial charge on any atom is 0.336 e. The summed E-state index contributed by atoms with van der Waals surface area (Å²) in [5, 5.41) is 21.3. The molecular weight excluding hydrogens is 484 g/mol. The number of carbonyl (C=O) groups excluding carboxylic acids is 2. The van der Waals surface area contributed by atoms with E-state index in [4.69, 9.17) is 10.2 Å². The zero-order valence-electron chi connectivity index (χ0n) is 22.1. The molecule has 38 heavy (non-hydrogen) atoms. The van der Waals surface area contributed by atoms with Gasteiger partial charge in [-0.05, 0) is 41.5 Å². The number of benzene rings is 2. The Morgan fingerprint density at radius 1 is 1.03 bits per heavy atom. The van der Waals surface area contributed by atoms with Gasteiger partial charge in [0.2, 0.25) is 5.91 Å². The maximum absolute atomic E-state index is 12.7. The number of nitrogens with zero attached hydrogens (tertiary/aromatic N) is 2. The second kappa shape index (κ2) is 13.5. The van der Waals surface area contributed by atoms with Gasteiger partial charge in [-0.15, -0.1) is 0 Å². The van der Waals surface area contributed by atoms with E-state index < -0.39 is 23.7 Å². The number of hydrogen-bond acceptors (Lipinski definition) is 5. The molecule has 9 heteroatoms. The minimum Gasteiger partial charge on any atom is -0.478 e. The third-order valence-corrected chi connectivity index (χ3v) is 6.33. The number of imidazole rings is 1. The summed E-state index contributed by atoms with van der Waals surface area (Å²) in [5.74, 6) is -2.11. The first-order chi connectivity index (χ1) is 18.2. The summed E-state index contributed by atoms with van der Waals surface area (Å²) in [6, 6.07) is 14.7. The largest absolute Gasteiger partial charge is 0.478 e. The first-order valence-electron chi connectivity index (χ1n) is 12.9. The molecule has 3 rings (SSSR count). The number of amides is 2. The number of carboxylic acids is 1. The molecule has 0 saturated heterocycles. The molecule has 0 aliphatic carbocycles. The molecule has 2 aromatic carbocycles. The van der Waals surface area contributed by atoms with Crippen LogP contribution in [0.2, 0.25) is 0 Å². The summed E-state index contributed by atoms with van der Waals surface area (Å²) in [6.45, 7) is 6.67. The third-order valence-electron chi connectivity index (χ3n) is 6.33. The number of hydrogen-bond donors (Lipinski definition) is 4. The number of aromatic nitrogens is 2. The van der Waals surface area contributed by atoms with Crippen molar-refractivity contribution in [2.45, 2.75) is 59.5 Å². The second-order valence-electron chi connectivity index (χ2n) is 9.80. The molecule has 0 spiro atoms. The van der Waals surface area contributed by atoms with Gasteiger partial charge < -0.3 is 15.0 Å². The molecule has 0 aliphatic rings. The molecule has 0 fully saturated rings. The number of rotatable bonds is 13. The molecule has 0 radical (unpaired) electrons. The fourth-order valence-electron chi connectivity index (χ4n) is 4.36. The Morgan fingerprint density at radius 2 is 1.74 bits per heavy atom. The topological polar surface area (TPSA) is 134 Å². The van der Waals surface area contributed by atoms with Gasteiger partial charge in [-0.1, -0.05) is 69.7 Å². The lowest BCUT2D eigenvalue weighted by molar-refractivity contribution is -0.141. The molecule has 202 valence electrons. The van der Waals surface area contributed by atoms with Crippen LogP contribution < -0.4 is 10.8 Å². The van der Waals surface area contributed by atoms with E-state index in [-0.39, 0.29) is 18.0 Å². The smallest absolute Gasteiger partial charge is 0.336 e. The quantitative estimate of drug-likeness (QED) is 0.150. The molecule has 0 aliphatic heterocycles. The van der Waals surface area contributed by atoms with Gasteiger partial charge in [0.15, 0.2) is 0 Å².